The van der Waals surface area contributed by atoms with E-state index in [0.717, 1.165) is 48.2 Å². The zero-order valence-corrected chi connectivity index (χ0v) is 10.7. The predicted molar refractivity (Wildman–Crippen MR) is 72.1 cm³/mol. The highest BCUT2D eigenvalue weighted by Crippen LogP contribution is 2.21. The lowest BCUT2D eigenvalue weighted by molar-refractivity contribution is 0.172. The lowest BCUT2D eigenvalue weighted by Gasteiger charge is -2.28. The number of nitrogens with two attached hydrogens (primary N) is 1. The van der Waals surface area contributed by atoms with Gasteiger partial charge in [0.05, 0.1) is 6.54 Å². The van der Waals surface area contributed by atoms with E-state index in [1.54, 1.807) is 0 Å². The third kappa shape index (κ3) is 2.34. The molecule has 18 heavy (non-hydrogen) atoms. The molecule has 1 aliphatic rings. The third-order valence-corrected chi connectivity index (χ3v) is 3.69. The van der Waals surface area contributed by atoms with Crippen molar-refractivity contribution in [1.82, 2.24) is 9.88 Å². The van der Waals surface area contributed by atoms with Gasteiger partial charge in [-0.25, -0.2) is 4.98 Å². The molecule has 96 valence electrons. The molecule has 0 bridgehead atoms. The van der Waals surface area contributed by atoms with E-state index in [1.165, 1.54) is 12.8 Å². The van der Waals surface area contributed by atoms with Crippen LogP contribution >= 0.6 is 0 Å². The molecule has 3 rings (SSSR count). The van der Waals surface area contributed by atoms with E-state index in [2.05, 4.69) is 16.8 Å². The van der Waals surface area contributed by atoms with Gasteiger partial charge in [0.1, 0.15) is 5.52 Å². The first-order valence-corrected chi connectivity index (χ1v) is 6.58. The number of hydrogen-bond acceptors (Lipinski definition) is 4. The average molecular weight is 245 g/mol. The normalized spacial score (nSPS) is 18.5. The SMILES string of the molecule is CC1CCN(Cc2nc3cc(N)ccc3o2)CC1. The summed E-state index contributed by atoms with van der Waals surface area (Å²) in [7, 11) is 0. The van der Waals surface area contributed by atoms with Crippen molar-refractivity contribution in [3.05, 3.63) is 24.1 Å². The molecule has 1 aromatic heterocycles. The number of oxazole rings is 1. The van der Waals surface area contributed by atoms with Crippen LogP contribution in [-0.2, 0) is 6.54 Å². The lowest BCUT2D eigenvalue weighted by Crippen LogP contribution is -2.32. The van der Waals surface area contributed by atoms with Crippen molar-refractivity contribution in [2.24, 2.45) is 5.92 Å². The number of fused-ring (bicyclic) bond motifs is 1. The number of rotatable bonds is 2. The summed E-state index contributed by atoms with van der Waals surface area (Å²) >= 11 is 0. The van der Waals surface area contributed by atoms with Gasteiger partial charge in [-0.15, -0.1) is 0 Å². The van der Waals surface area contributed by atoms with E-state index in [1.807, 2.05) is 18.2 Å². The molecule has 4 nitrogen and oxygen atoms in total. The van der Waals surface area contributed by atoms with Crippen LogP contribution in [0.1, 0.15) is 25.7 Å². The number of likely N-dealkylation sites (tertiary alicyclic amines) is 1. The zero-order valence-electron chi connectivity index (χ0n) is 10.7. The smallest absolute Gasteiger partial charge is 0.209 e. The van der Waals surface area contributed by atoms with Crippen molar-refractivity contribution >= 4 is 16.8 Å². The molecule has 2 N–H and O–H groups in total. The van der Waals surface area contributed by atoms with E-state index in [-0.39, 0.29) is 0 Å². The molecule has 0 radical (unpaired) electrons. The Morgan fingerprint density at radius 3 is 2.94 bits per heavy atom. The number of anilines is 1. The van der Waals surface area contributed by atoms with Crippen LogP contribution in [0.25, 0.3) is 11.1 Å². The topological polar surface area (TPSA) is 55.3 Å². The van der Waals surface area contributed by atoms with Crippen LogP contribution < -0.4 is 5.73 Å². The number of hydrogen-bond donors (Lipinski definition) is 1. The molecule has 0 spiro atoms. The Labute approximate surface area is 107 Å². The Hall–Kier alpha value is -1.55. The van der Waals surface area contributed by atoms with Crippen LogP contribution in [-0.4, -0.2) is 23.0 Å². The van der Waals surface area contributed by atoms with Crippen LogP contribution in [0, 0.1) is 5.92 Å². The lowest BCUT2D eigenvalue weighted by atomic mass is 9.99. The van der Waals surface area contributed by atoms with Crippen molar-refractivity contribution < 1.29 is 4.42 Å². The van der Waals surface area contributed by atoms with Gasteiger partial charge in [-0.05, 0) is 50.0 Å². The van der Waals surface area contributed by atoms with E-state index < -0.39 is 0 Å². The minimum absolute atomic E-state index is 0.731. The Balaban J connectivity index is 1.74. The van der Waals surface area contributed by atoms with Crippen LogP contribution in [0.5, 0.6) is 0 Å². The Morgan fingerprint density at radius 2 is 2.17 bits per heavy atom. The largest absolute Gasteiger partial charge is 0.439 e. The predicted octanol–water partition coefficient (Wildman–Crippen LogP) is 2.64. The maximum Gasteiger partial charge on any atom is 0.209 e. The monoisotopic (exact) mass is 245 g/mol. The van der Waals surface area contributed by atoms with Crippen molar-refractivity contribution in [3.8, 4) is 0 Å². The molecule has 2 aromatic rings. The molecule has 0 unspecified atom stereocenters. The first kappa shape index (κ1) is 11.5. The average Bonchev–Trinajstić information content (AvgIpc) is 2.73. The summed E-state index contributed by atoms with van der Waals surface area (Å²) in [5.74, 6) is 1.65. The number of nitrogen functional groups attached to an aromatic ring is 1. The summed E-state index contributed by atoms with van der Waals surface area (Å²) in [6, 6.07) is 5.60. The highest BCUT2D eigenvalue weighted by Gasteiger charge is 2.17. The standard InChI is InChI=1S/C14H19N3O/c1-10-4-6-17(7-5-10)9-14-16-12-8-11(15)2-3-13(12)18-14/h2-3,8,10H,4-7,9,15H2,1H3. The fourth-order valence-electron chi connectivity index (χ4n) is 2.47. The number of benzene rings is 1. The maximum absolute atomic E-state index is 5.74. The Kier molecular flexibility index (Phi) is 2.96. The second-order valence-electron chi connectivity index (χ2n) is 5.29. The molecule has 2 heterocycles. The number of nitrogens with zero attached hydrogens (tertiary/aromatic N) is 2. The van der Waals surface area contributed by atoms with E-state index in [0.29, 0.717) is 0 Å². The second-order valence-corrected chi connectivity index (χ2v) is 5.29. The number of aromatic nitrogens is 1. The molecular formula is C14H19N3O. The molecule has 1 saturated heterocycles. The molecular weight excluding hydrogens is 226 g/mol. The van der Waals surface area contributed by atoms with E-state index in [4.69, 9.17) is 10.2 Å². The van der Waals surface area contributed by atoms with Gasteiger partial charge >= 0.3 is 0 Å². The summed E-state index contributed by atoms with van der Waals surface area (Å²) in [6.07, 6.45) is 2.54. The third-order valence-electron chi connectivity index (χ3n) is 3.69. The van der Waals surface area contributed by atoms with Crippen molar-refractivity contribution in [2.45, 2.75) is 26.3 Å². The van der Waals surface area contributed by atoms with Gasteiger partial charge in [0.25, 0.3) is 0 Å². The molecule has 1 aliphatic heterocycles. The summed E-state index contributed by atoms with van der Waals surface area (Å²) < 4.78 is 5.74. The van der Waals surface area contributed by atoms with Gasteiger partial charge < -0.3 is 10.2 Å². The first-order valence-electron chi connectivity index (χ1n) is 6.58. The molecule has 0 saturated carbocycles. The highest BCUT2D eigenvalue weighted by molar-refractivity contribution is 5.76. The molecule has 0 amide bonds. The molecule has 0 aliphatic carbocycles. The molecule has 4 heteroatoms. The van der Waals surface area contributed by atoms with Gasteiger partial charge in [0, 0.05) is 5.69 Å². The minimum Gasteiger partial charge on any atom is -0.439 e. The second kappa shape index (κ2) is 4.61. The van der Waals surface area contributed by atoms with E-state index >= 15 is 0 Å². The summed E-state index contributed by atoms with van der Waals surface area (Å²) in [5.41, 5.74) is 8.15. The quantitative estimate of drug-likeness (QED) is 0.826. The van der Waals surface area contributed by atoms with Gasteiger partial charge in [-0.3, -0.25) is 4.90 Å². The first-order chi connectivity index (χ1) is 8.70. The van der Waals surface area contributed by atoms with Gasteiger partial charge in [0.15, 0.2) is 5.58 Å². The van der Waals surface area contributed by atoms with Gasteiger partial charge in [-0.1, -0.05) is 6.92 Å². The van der Waals surface area contributed by atoms with Gasteiger partial charge in [0.2, 0.25) is 5.89 Å². The van der Waals surface area contributed by atoms with Crippen LogP contribution in [0.2, 0.25) is 0 Å². The van der Waals surface area contributed by atoms with Crippen molar-refractivity contribution in [2.75, 3.05) is 18.8 Å². The molecule has 0 atom stereocenters. The van der Waals surface area contributed by atoms with Crippen molar-refractivity contribution in [1.29, 1.82) is 0 Å². The fourth-order valence-corrected chi connectivity index (χ4v) is 2.47. The fraction of sp³-hybridized carbons (Fsp3) is 0.500. The molecule has 1 aromatic carbocycles. The summed E-state index contributed by atoms with van der Waals surface area (Å²) in [4.78, 5) is 6.91. The summed E-state index contributed by atoms with van der Waals surface area (Å²) in [6.45, 7) is 5.41. The Bertz CT molecular complexity index is 541. The minimum atomic E-state index is 0.731. The maximum atomic E-state index is 5.74. The van der Waals surface area contributed by atoms with Crippen molar-refractivity contribution in [3.63, 3.8) is 0 Å². The molecule has 1 fully saturated rings. The number of piperidine rings is 1. The van der Waals surface area contributed by atoms with Crippen LogP contribution in [0.15, 0.2) is 22.6 Å². The van der Waals surface area contributed by atoms with E-state index in [9.17, 15) is 0 Å². The zero-order chi connectivity index (χ0) is 12.5. The summed E-state index contributed by atoms with van der Waals surface area (Å²) in [5, 5.41) is 0. The van der Waals surface area contributed by atoms with Crippen LogP contribution in [0.4, 0.5) is 5.69 Å². The van der Waals surface area contributed by atoms with Crippen LogP contribution in [0.3, 0.4) is 0 Å². The van der Waals surface area contributed by atoms with Gasteiger partial charge in [-0.2, -0.15) is 0 Å². The Morgan fingerprint density at radius 1 is 1.39 bits per heavy atom. The highest BCUT2D eigenvalue weighted by atomic mass is 16.3.